The molecule has 0 saturated heterocycles. The molecule has 0 amide bonds. The second-order valence-electron chi connectivity index (χ2n) is 8.86. The molecule has 0 heterocycles. The van der Waals surface area contributed by atoms with Gasteiger partial charge in [-0.25, -0.2) is 0 Å². The van der Waals surface area contributed by atoms with E-state index in [0.717, 1.165) is 24.2 Å². The summed E-state index contributed by atoms with van der Waals surface area (Å²) in [5.41, 5.74) is 0. The number of hydrogen-bond acceptors (Lipinski definition) is 7. The smallest absolute Gasteiger partial charge is 0.374 e. The van der Waals surface area contributed by atoms with Gasteiger partial charge in [-0.1, -0.05) is 26.2 Å². The van der Waals surface area contributed by atoms with E-state index in [1.807, 2.05) is 41.5 Å². The van der Waals surface area contributed by atoms with E-state index in [1.54, 1.807) is 0 Å². The van der Waals surface area contributed by atoms with Gasteiger partial charge in [0.25, 0.3) is 0 Å². The highest BCUT2D eigenvalue weighted by atomic mass is 28.4. The minimum absolute atomic E-state index is 0.626. The largest absolute Gasteiger partial charge is 0.500 e. The molecule has 0 atom stereocenters. The van der Waals surface area contributed by atoms with Gasteiger partial charge in [0.1, 0.15) is 16.5 Å². The molecule has 7 nitrogen and oxygen atoms in total. The highest BCUT2D eigenvalue weighted by Gasteiger charge is 2.45. The Kier molecular flexibility index (Phi) is 15.8. The lowest BCUT2D eigenvalue weighted by Gasteiger charge is -2.38. The minimum Gasteiger partial charge on any atom is -0.374 e. The molecule has 0 rings (SSSR count). The standard InChI is InChI=1S/C20H51NO6Si4/c1-11-22-30(23-12-2,24-13-3)19-17-28(7,8)21-29(9,10)18-20-31(25-14-4,26-15-5)27-16-6/h21H,11-20H2,1-10H3. The van der Waals surface area contributed by atoms with Gasteiger partial charge in [0, 0.05) is 51.7 Å². The van der Waals surface area contributed by atoms with Crippen LogP contribution < -0.4 is 4.65 Å². The van der Waals surface area contributed by atoms with Gasteiger partial charge in [0.05, 0.1) is 0 Å². The zero-order valence-corrected chi connectivity index (χ0v) is 26.0. The van der Waals surface area contributed by atoms with E-state index in [-0.39, 0.29) is 0 Å². The number of nitrogens with one attached hydrogen (secondary N) is 1. The van der Waals surface area contributed by atoms with Gasteiger partial charge >= 0.3 is 17.6 Å². The quantitative estimate of drug-likeness (QED) is 0.228. The molecule has 0 saturated carbocycles. The summed E-state index contributed by atoms with van der Waals surface area (Å²) in [6.45, 7) is 25.5. The summed E-state index contributed by atoms with van der Waals surface area (Å²) in [6.07, 6.45) is 0. The first-order valence-corrected chi connectivity index (χ1v) is 22.4. The predicted molar refractivity (Wildman–Crippen MR) is 139 cm³/mol. The Morgan fingerprint density at radius 3 is 0.839 bits per heavy atom. The van der Waals surface area contributed by atoms with Crippen molar-refractivity contribution in [3.63, 3.8) is 0 Å². The summed E-state index contributed by atoms with van der Waals surface area (Å²) < 4.78 is 40.5. The third-order valence-electron chi connectivity index (χ3n) is 4.97. The van der Waals surface area contributed by atoms with Crippen LogP contribution in [-0.4, -0.2) is 73.7 Å². The Bertz CT molecular complexity index is 397. The summed E-state index contributed by atoms with van der Waals surface area (Å²) >= 11 is 0. The molecule has 0 aliphatic rings. The zero-order chi connectivity index (χ0) is 24.0. The second kappa shape index (κ2) is 15.5. The van der Waals surface area contributed by atoms with Gasteiger partial charge in [0.2, 0.25) is 0 Å². The molecule has 0 aromatic rings. The summed E-state index contributed by atoms with van der Waals surface area (Å²) in [6, 6.07) is 3.88. The first kappa shape index (κ1) is 31.6. The lowest BCUT2D eigenvalue weighted by Crippen LogP contribution is -2.61. The summed E-state index contributed by atoms with van der Waals surface area (Å²) in [5.74, 6) is 0. The van der Waals surface area contributed by atoms with Crippen molar-refractivity contribution < 1.29 is 26.6 Å². The fourth-order valence-electron chi connectivity index (χ4n) is 3.97. The SMILES string of the molecule is CCO[Si](CC[Si](C)(C)N[Si](C)(C)CC[Si](OCC)(OCC)OCC)(OCC)OCC. The minimum atomic E-state index is -2.60. The van der Waals surface area contributed by atoms with Crippen molar-refractivity contribution in [2.45, 2.75) is 91.9 Å². The number of rotatable bonds is 20. The first-order chi connectivity index (χ1) is 14.5. The molecule has 0 aromatic heterocycles. The van der Waals surface area contributed by atoms with Crippen molar-refractivity contribution in [1.82, 2.24) is 4.65 Å². The Morgan fingerprint density at radius 1 is 0.419 bits per heavy atom. The van der Waals surface area contributed by atoms with Crippen LogP contribution in [0.1, 0.15) is 41.5 Å². The molecule has 0 unspecified atom stereocenters. The van der Waals surface area contributed by atoms with Crippen molar-refractivity contribution in [2.24, 2.45) is 0 Å². The van der Waals surface area contributed by atoms with Crippen LogP contribution >= 0.6 is 0 Å². The maximum absolute atomic E-state index is 6.07. The Labute approximate surface area is 196 Å². The third kappa shape index (κ3) is 12.6. The van der Waals surface area contributed by atoms with Crippen LogP contribution in [0.4, 0.5) is 0 Å². The second-order valence-corrected chi connectivity index (χ2v) is 23.9. The normalized spacial score (nSPS) is 13.7. The van der Waals surface area contributed by atoms with E-state index in [2.05, 4.69) is 30.8 Å². The van der Waals surface area contributed by atoms with Crippen LogP contribution in [0, 0.1) is 0 Å². The highest BCUT2D eigenvalue weighted by Crippen LogP contribution is 2.27. The van der Waals surface area contributed by atoms with E-state index in [4.69, 9.17) is 26.6 Å². The van der Waals surface area contributed by atoms with E-state index in [9.17, 15) is 0 Å². The highest BCUT2D eigenvalue weighted by molar-refractivity contribution is 6.92. The molecule has 0 radical (unpaired) electrons. The maximum Gasteiger partial charge on any atom is 0.500 e. The summed E-state index contributed by atoms with van der Waals surface area (Å²) in [7, 11) is -8.58. The predicted octanol–water partition coefficient (Wildman–Crippen LogP) is 5.08. The van der Waals surface area contributed by atoms with Crippen LogP contribution in [0.2, 0.25) is 50.4 Å². The fourth-order valence-corrected chi connectivity index (χ4v) is 23.8. The van der Waals surface area contributed by atoms with Crippen LogP contribution in [0.25, 0.3) is 0 Å². The zero-order valence-electron chi connectivity index (χ0n) is 22.0. The molecular weight excluding hydrogens is 463 g/mol. The maximum atomic E-state index is 6.07. The van der Waals surface area contributed by atoms with E-state index < -0.39 is 34.1 Å². The van der Waals surface area contributed by atoms with E-state index in [0.29, 0.717) is 39.6 Å². The van der Waals surface area contributed by atoms with Gasteiger partial charge in [-0.2, -0.15) is 0 Å². The van der Waals surface area contributed by atoms with Crippen LogP contribution in [0.3, 0.4) is 0 Å². The molecule has 0 aromatic carbocycles. The van der Waals surface area contributed by atoms with E-state index >= 15 is 0 Å². The molecule has 188 valence electrons. The average molecular weight is 514 g/mol. The van der Waals surface area contributed by atoms with E-state index in [1.165, 1.54) is 0 Å². The monoisotopic (exact) mass is 513 g/mol. The summed E-state index contributed by atoms with van der Waals surface area (Å²) in [5, 5.41) is 0. The molecule has 0 aliphatic carbocycles. The van der Waals surface area contributed by atoms with Crippen LogP contribution in [0.5, 0.6) is 0 Å². The molecule has 11 heteroatoms. The molecule has 0 fully saturated rings. The lowest BCUT2D eigenvalue weighted by molar-refractivity contribution is 0.0717. The Morgan fingerprint density at radius 2 is 0.645 bits per heavy atom. The molecule has 0 aliphatic heterocycles. The van der Waals surface area contributed by atoms with Crippen molar-refractivity contribution in [3.05, 3.63) is 0 Å². The first-order valence-electron chi connectivity index (χ1n) is 12.1. The number of hydrogen-bond donors (Lipinski definition) is 1. The molecular formula is C20H51NO6Si4. The van der Waals surface area contributed by atoms with Gasteiger partial charge in [-0.3, -0.25) is 0 Å². The molecule has 1 N–H and O–H groups in total. The Balaban J connectivity index is 5.14. The van der Waals surface area contributed by atoms with Crippen LogP contribution in [-0.2, 0) is 26.6 Å². The van der Waals surface area contributed by atoms with Crippen molar-refractivity contribution in [2.75, 3.05) is 39.6 Å². The topological polar surface area (TPSA) is 67.4 Å². The van der Waals surface area contributed by atoms with Crippen molar-refractivity contribution in [3.8, 4) is 0 Å². The van der Waals surface area contributed by atoms with Crippen molar-refractivity contribution in [1.29, 1.82) is 0 Å². The average Bonchev–Trinajstić information content (AvgIpc) is 2.66. The molecule has 0 bridgehead atoms. The summed E-state index contributed by atoms with van der Waals surface area (Å²) in [4.78, 5) is 0. The Hall–Kier alpha value is 0.588. The van der Waals surface area contributed by atoms with Crippen molar-refractivity contribution >= 4 is 34.1 Å². The van der Waals surface area contributed by atoms with Gasteiger partial charge < -0.3 is 31.2 Å². The van der Waals surface area contributed by atoms with Crippen LogP contribution in [0.15, 0.2) is 0 Å². The third-order valence-corrected chi connectivity index (χ3v) is 20.5. The fraction of sp³-hybridized carbons (Fsp3) is 1.00. The van der Waals surface area contributed by atoms with Gasteiger partial charge in [-0.05, 0) is 53.6 Å². The van der Waals surface area contributed by atoms with Gasteiger partial charge in [-0.15, -0.1) is 0 Å². The molecule has 0 spiro atoms. The lowest BCUT2D eigenvalue weighted by atomic mass is 10.9. The van der Waals surface area contributed by atoms with Gasteiger partial charge in [0.15, 0.2) is 0 Å². The molecule has 31 heavy (non-hydrogen) atoms.